The van der Waals surface area contributed by atoms with Gasteiger partial charge in [0.1, 0.15) is 0 Å². The zero-order valence-electron chi connectivity index (χ0n) is 11.4. The Morgan fingerprint density at radius 2 is 2.05 bits per heavy atom. The summed E-state index contributed by atoms with van der Waals surface area (Å²) in [6.07, 6.45) is 5.01. The highest BCUT2D eigenvalue weighted by molar-refractivity contribution is 9.10. The van der Waals surface area contributed by atoms with Gasteiger partial charge in [-0.25, -0.2) is 13.1 Å². The molecule has 1 aromatic rings. The van der Waals surface area contributed by atoms with Crippen molar-refractivity contribution in [2.45, 2.75) is 30.8 Å². The van der Waals surface area contributed by atoms with Crippen molar-refractivity contribution in [2.24, 2.45) is 0 Å². The van der Waals surface area contributed by atoms with E-state index < -0.39 is 10.0 Å². The molecule has 0 amide bonds. The topological polar surface area (TPSA) is 66.4 Å². The van der Waals surface area contributed by atoms with Crippen molar-refractivity contribution in [1.82, 2.24) is 4.72 Å². The highest BCUT2D eigenvalue weighted by atomic mass is 79.9. The van der Waals surface area contributed by atoms with Crippen LogP contribution in [0.1, 0.15) is 24.8 Å². The Labute approximate surface area is 133 Å². The van der Waals surface area contributed by atoms with Gasteiger partial charge in [0, 0.05) is 11.0 Å². The van der Waals surface area contributed by atoms with Crippen molar-refractivity contribution in [1.29, 1.82) is 0 Å². The molecule has 0 aliphatic rings. The third-order valence-corrected chi connectivity index (χ3v) is 5.94. The van der Waals surface area contributed by atoms with Gasteiger partial charge in [-0.3, -0.25) is 0 Å². The summed E-state index contributed by atoms with van der Waals surface area (Å²) in [6.45, 7) is 0.261. The lowest BCUT2D eigenvalue weighted by Gasteiger charge is -2.09. The molecule has 4 nitrogen and oxygen atoms in total. The zero-order valence-corrected chi connectivity index (χ0v) is 14.7. The first-order valence-electron chi connectivity index (χ1n) is 6.39. The van der Waals surface area contributed by atoms with Crippen molar-refractivity contribution >= 4 is 37.7 Å². The van der Waals surface area contributed by atoms with E-state index in [9.17, 15) is 8.42 Å². The number of nitrogens with one attached hydrogen (secondary N) is 1. The SMILES string of the molecule is CSCCCCCNS(=O)(=O)c1cc(CO)ccc1Br. The molecule has 0 saturated heterocycles. The van der Waals surface area contributed by atoms with Crippen molar-refractivity contribution in [2.75, 3.05) is 18.6 Å². The number of unbranched alkanes of at least 4 members (excludes halogenated alkanes) is 2. The minimum Gasteiger partial charge on any atom is -0.392 e. The average Bonchev–Trinajstić information content (AvgIpc) is 2.43. The summed E-state index contributed by atoms with van der Waals surface area (Å²) >= 11 is 5.03. The molecule has 1 aromatic carbocycles. The zero-order chi connectivity index (χ0) is 15.0. The van der Waals surface area contributed by atoms with Crippen molar-refractivity contribution in [3.05, 3.63) is 28.2 Å². The maximum atomic E-state index is 12.2. The molecular weight excluding hydrogens is 362 g/mol. The molecule has 0 unspecified atom stereocenters. The summed E-state index contributed by atoms with van der Waals surface area (Å²) in [6, 6.07) is 4.81. The summed E-state index contributed by atoms with van der Waals surface area (Å²) in [7, 11) is -3.53. The van der Waals surface area contributed by atoms with Crippen molar-refractivity contribution < 1.29 is 13.5 Å². The minimum atomic E-state index is -3.53. The van der Waals surface area contributed by atoms with Gasteiger partial charge in [-0.15, -0.1) is 0 Å². The van der Waals surface area contributed by atoms with Gasteiger partial charge < -0.3 is 5.11 Å². The van der Waals surface area contributed by atoms with Gasteiger partial charge in [-0.2, -0.15) is 11.8 Å². The molecule has 0 aliphatic heterocycles. The lowest BCUT2D eigenvalue weighted by Crippen LogP contribution is -2.25. The molecule has 0 fully saturated rings. The lowest BCUT2D eigenvalue weighted by molar-refractivity contribution is 0.281. The van der Waals surface area contributed by atoms with Gasteiger partial charge >= 0.3 is 0 Å². The predicted octanol–water partition coefficient (Wildman–Crippen LogP) is 2.75. The number of rotatable bonds is 9. The molecule has 0 atom stereocenters. The van der Waals surface area contributed by atoms with Crippen LogP contribution in [0.3, 0.4) is 0 Å². The standard InChI is InChI=1S/C13H20BrNO3S2/c1-19-8-4-2-3-7-15-20(17,18)13-9-11(10-16)5-6-12(13)14/h5-6,9,15-16H,2-4,7-8,10H2,1H3. The van der Waals surface area contributed by atoms with E-state index in [1.54, 1.807) is 23.9 Å². The fraction of sp³-hybridized carbons (Fsp3) is 0.538. The number of hydrogen-bond donors (Lipinski definition) is 2. The number of hydrogen-bond acceptors (Lipinski definition) is 4. The largest absolute Gasteiger partial charge is 0.392 e. The molecule has 0 spiro atoms. The van der Waals surface area contributed by atoms with E-state index >= 15 is 0 Å². The molecule has 20 heavy (non-hydrogen) atoms. The highest BCUT2D eigenvalue weighted by Crippen LogP contribution is 2.23. The van der Waals surface area contributed by atoms with Crippen LogP contribution in [0.2, 0.25) is 0 Å². The van der Waals surface area contributed by atoms with Gasteiger partial charge in [0.15, 0.2) is 0 Å². The normalized spacial score (nSPS) is 11.8. The maximum Gasteiger partial charge on any atom is 0.241 e. The first kappa shape index (κ1) is 18.0. The maximum absolute atomic E-state index is 12.2. The van der Waals surface area contributed by atoms with E-state index in [0.29, 0.717) is 16.6 Å². The van der Waals surface area contributed by atoms with Crippen LogP contribution in [0, 0.1) is 0 Å². The minimum absolute atomic E-state index is 0.174. The fourth-order valence-corrected chi connectivity index (χ4v) is 4.26. The van der Waals surface area contributed by atoms with Crippen LogP contribution in [0.4, 0.5) is 0 Å². The lowest BCUT2D eigenvalue weighted by atomic mass is 10.2. The molecule has 2 N–H and O–H groups in total. The molecule has 114 valence electrons. The Hall–Kier alpha value is -0.0800. The van der Waals surface area contributed by atoms with Gasteiger partial charge in [0.2, 0.25) is 10.0 Å². The second-order valence-electron chi connectivity index (χ2n) is 4.37. The summed E-state index contributed by atoms with van der Waals surface area (Å²) in [5.74, 6) is 1.11. The van der Waals surface area contributed by atoms with Gasteiger partial charge in [0.05, 0.1) is 11.5 Å². The summed E-state index contributed by atoms with van der Waals surface area (Å²) in [4.78, 5) is 0.174. The summed E-state index contributed by atoms with van der Waals surface area (Å²) in [5.41, 5.74) is 0.577. The molecular formula is C13H20BrNO3S2. The first-order valence-corrected chi connectivity index (χ1v) is 10.1. The number of benzene rings is 1. The molecule has 1 rings (SSSR count). The fourth-order valence-electron chi connectivity index (χ4n) is 1.68. The Balaban J connectivity index is 2.60. The van der Waals surface area contributed by atoms with Crippen LogP contribution in [0.25, 0.3) is 0 Å². The average molecular weight is 382 g/mol. The van der Waals surface area contributed by atoms with Crippen molar-refractivity contribution in [3.8, 4) is 0 Å². The molecule has 0 radical (unpaired) electrons. The Kier molecular flexibility index (Phi) is 8.13. The Bertz CT molecular complexity index is 520. The third kappa shape index (κ3) is 5.73. The number of aliphatic hydroxyl groups excluding tert-OH is 1. The van der Waals surface area contributed by atoms with E-state index in [1.165, 1.54) is 6.07 Å². The van der Waals surface area contributed by atoms with Gasteiger partial charge in [0.25, 0.3) is 0 Å². The quantitative estimate of drug-likeness (QED) is 0.645. The van der Waals surface area contributed by atoms with Gasteiger partial charge in [-0.05, 0) is 58.5 Å². The smallest absolute Gasteiger partial charge is 0.241 e. The Morgan fingerprint density at radius 3 is 2.70 bits per heavy atom. The van der Waals surface area contributed by atoms with Crippen LogP contribution in [0.5, 0.6) is 0 Å². The molecule has 0 heterocycles. The van der Waals surface area contributed by atoms with E-state index in [4.69, 9.17) is 5.11 Å². The molecule has 0 aliphatic carbocycles. The molecule has 0 aromatic heterocycles. The van der Waals surface area contributed by atoms with Crippen LogP contribution >= 0.6 is 27.7 Å². The van der Waals surface area contributed by atoms with Crippen LogP contribution in [0.15, 0.2) is 27.6 Å². The molecule has 0 saturated carbocycles. The number of halogens is 1. The Morgan fingerprint density at radius 1 is 1.30 bits per heavy atom. The van der Waals surface area contributed by atoms with E-state index in [2.05, 4.69) is 26.9 Å². The van der Waals surface area contributed by atoms with E-state index in [0.717, 1.165) is 25.0 Å². The summed E-state index contributed by atoms with van der Waals surface area (Å²) in [5, 5.41) is 9.08. The number of thioether (sulfide) groups is 1. The van der Waals surface area contributed by atoms with Crippen LogP contribution in [-0.4, -0.2) is 32.1 Å². The molecule has 7 heteroatoms. The second-order valence-corrected chi connectivity index (χ2v) is 7.95. The van der Waals surface area contributed by atoms with Crippen molar-refractivity contribution in [3.63, 3.8) is 0 Å². The number of aliphatic hydroxyl groups is 1. The van der Waals surface area contributed by atoms with E-state index in [-0.39, 0.29) is 11.5 Å². The number of sulfonamides is 1. The highest BCUT2D eigenvalue weighted by Gasteiger charge is 2.17. The van der Waals surface area contributed by atoms with Crippen LogP contribution in [-0.2, 0) is 16.6 Å². The van der Waals surface area contributed by atoms with E-state index in [1.807, 2.05) is 0 Å². The monoisotopic (exact) mass is 381 g/mol. The summed E-state index contributed by atoms with van der Waals surface area (Å²) < 4.78 is 27.5. The van der Waals surface area contributed by atoms with Crippen LogP contribution < -0.4 is 4.72 Å². The first-order chi connectivity index (χ1) is 9.51. The van der Waals surface area contributed by atoms with Gasteiger partial charge in [-0.1, -0.05) is 12.5 Å². The second kappa shape index (κ2) is 9.04. The molecule has 0 bridgehead atoms. The predicted molar refractivity (Wildman–Crippen MR) is 87.5 cm³/mol. The third-order valence-electron chi connectivity index (χ3n) is 2.79.